The first-order valence-corrected chi connectivity index (χ1v) is 9.71. The molecule has 0 fully saturated rings. The van der Waals surface area contributed by atoms with Gasteiger partial charge in [-0.3, -0.25) is 14.9 Å². The second-order valence-corrected chi connectivity index (χ2v) is 7.73. The van der Waals surface area contributed by atoms with Crippen LogP contribution in [0, 0.1) is 10.1 Å². The van der Waals surface area contributed by atoms with Gasteiger partial charge in [0.1, 0.15) is 0 Å². The predicted molar refractivity (Wildman–Crippen MR) is 107 cm³/mol. The number of halogens is 1. The number of hydrogen-bond donors (Lipinski definition) is 2. The van der Waals surface area contributed by atoms with Gasteiger partial charge in [0.25, 0.3) is 5.69 Å². The number of rotatable bonds is 7. The van der Waals surface area contributed by atoms with Crippen molar-refractivity contribution in [3.8, 4) is 0 Å². The molecule has 0 atom stereocenters. The molecule has 0 saturated carbocycles. The molecule has 11 heteroatoms. The minimum atomic E-state index is -0.552. The molecule has 1 heterocycles. The van der Waals surface area contributed by atoms with Crippen LogP contribution >= 0.6 is 34.7 Å². The van der Waals surface area contributed by atoms with E-state index in [0.29, 0.717) is 9.47 Å². The summed E-state index contributed by atoms with van der Waals surface area (Å²) >= 11 is 8.50. The summed E-state index contributed by atoms with van der Waals surface area (Å²) in [6.07, 6.45) is 0. The summed E-state index contributed by atoms with van der Waals surface area (Å²) in [6.45, 7) is 0. The summed E-state index contributed by atoms with van der Waals surface area (Å²) in [5, 5.41) is 25.4. The number of carbonyl (C=O) groups excluding carboxylic acids is 1. The van der Waals surface area contributed by atoms with Crippen LogP contribution in [-0.4, -0.2) is 26.8 Å². The molecule has 2 aromatic carbocycles. The molecule has 2 N–H and O–H groups in total. The van der Waals surface area contributed by atoms with E-state index in [-0.39, 0.29) is 28.1 Å². The van der Waals surface area contributed by atoms with Gasteiger partial charge in [-0.05, 0) is 18.2 Å². The van der Waals surface area contributed by atoms with E-state index in [0.717, 1.165) is 5.69 Å². The van der Waals surface area contributed by atoms with Crippen LogP contribution < -0.4 is 10.6 Å². The van der Waals surface area contributed by atoms with Gasteiger partial charge in [-0.1, -0.05) is 52.9 Å². The molecule has 8 nitrogen and oxygen atoms in total. The van der Waals surface area contributed by atoms with Crippen LogP contribution in [0.1, 0.15) is 0 Å². The number of non-ortho nitro benzene ring substituents is 1. The first-order valence-electron chi connectivity index (χ1n) is 7.53. The van der Waals surface area contributed by atoms with E-state index >= 15 is 0 Å². The fraction of sp³-hybridized carbons (Fsp3) is 0.0625. The van der Waals surface area contributed by atoms with Crippen molar-refractivity contribution >= 4 is 62.8 Å². The SMILES string of the molecule is O=C(CSc1nnc(Nc2ccccc2)s1)Nc1cc([N+](=O)[O-])ccc1Cl. The number of benzene rings is 2. The Morgan fingerprint density at radius 3 is 2.74 bits per heavy atom. The zero-order valence-electron chi connectivity index (χ0n) is 13.6. The second kappa shape index (κ2) is 8.80. The van der Waals surface area contributed by atoms with Crippen molar-refractivity contribution < 1.29 is 9.72 Å². The van der Waals surface area contributed by atoms with Crippen LogP contribution in [0.4, 0.5) is 22.2 Å². The average molecular weight is 422 g/mol. The molecule has 0 radical (unpaired) electrons. The molecule has 138 valence electrons. The molecular formula is C16H12ClN5O3S2. The largest absolute Gasteiger partial charge is 0.330 e. The van der Waals surface area contributed by atoms with E-state index in [1.165, 1.54) is 41.3 Å². The molecule has 3 rings (SSSR count). The van der Waals surface area contributed by atoms with Gasteiger partial charge in [0.2, 0.25) is 11.0 Å². The van der Waals surface area contributed by atoms with Crippen LogP contribution in [-0.2, 0) is 4.79 Å². The molecule has 0 aliphatic carbocycles. The first-order chi connectivity index (χ1) is 13.0. The number of nitro benzene ring substituents is 1. The molecular weight excluding hydrogens is 410 g/mol. The van der Waals surface area contributed by atoms with Gasteiger partial charge in [0.15, 0.2) is 4.34 Å². The lowest BCUT2D eigenvalue weighted by molar-refractivity contribution is -0.384. The Labute approximate surface area is 167 Å². The van der Waals surface area contributed by atoms with Crippen LogP contribution in [0.25, 0.3) is 0 Å². The molecule has 1 aromatic heterocycles. The van der Waals surface area contributed by atoms with Gasteiger partial charge in [-0.25, -0.2) is 0 Å². The lowest BCUT2D eigenvalue weighted by atomic mass is 10.3. The van der Waals surface area contributed by atoms with Crippen LogP contribution in [0.5, 0.6) is 0 Å². The Balaban J connectivity index is 1.55. The molecule has 0 unspecified atom stereocenters. The van der Waals surface area contributed by atoms with Gasteiger partial charge in [-0.15, -0.1) is 10.2 Å². The number of para-hydroxylation sites is 1. The molecule has 27 heavy (non-hydrogen) atoms. The highest BCUT2D eigenvalue weighted by molar-refractivity contribution is 8.01. The van der Waals surface area contributed by atoms with Crippen LogP contribution in [0.2, 0.25) is 5.02 Å². The minimum absolute atomic E-state index is 0.0684. The number of carbonyl (C=O) groups is 1. The topological polar surface area (TPSA) is 110 Å². The number of anilines is 3. The monoisotopic (exact) mass is 421 g/mol. The van der Waals surface area contributed by atoms with E-state index in [2.05, 4.69) is 20.8 Å². The third-order valence-electron chi connectivity index (χ3n) is 3.19. The van der Waals surface area contributed by atoms with Gasteiger partial charge in [-0.2, -0.15) is 0 Å². The smallest absolute Gasteiger partial charge is 0.271 e. The van der Waals surface area contributed by atoms with Crippen molar-refractivity contribution in [2.24, 2.45) is 0 Å². The van der Waals surface area contributed by atoms with Crippen molar-refractivity contribution in [1.82, 2.24) is 10.2 Å². The highest BCUT2D eigenvalue weighted by Gasteiger charge is 2.13. The molecule has 0 spiro atoms. The number of nitro groups is 1. The van der Waals surface area contributed by atoms with E-state index in [1.807, 2.05) is 30.3 Å². The lowest BCUT2D eigenvalue weighted by Crippen LogP contribution is -2.14. The molecule has 0 bridgehead atoms. The maximum atomic E-state index is 12.1. The Hall–Kier alpha value is -2.69. The number of thioether (sulfide) groups is 1. The molecule has 0 saturated heterocycles. The average Bonchev–Trinajstić information content (AvgIpc) is 3.10. The zero-order valence-corrected chi connectivity index (χ0v) is 16.0. The molecule has 0 aliphatic heterocycles. The quantitative estimate of drug-likeness (QED) is 0.326. The van der Waals surface area contributed by atoms with Gasteiger partial charge in [0.05, 0.1) is 21.4 Å². The Bertz CT molecular complexity index is 968. The predicted octanol–water partition coefficient (Wildman–Crippen LogP) is 4.57. The zero-order chi connectivity index (χ0) is 19.2. The fourth-order valence-electron chi connectivity index (χ4n) is 2.00. The molecule has 0 aliphatic rings. The Kier molecular flexibility index (Phi) is 6.22. The Morgan fingerprint density at radius 2 is 2.00 bits per heavy atom. The number of nitrogens with zero attached hydrogens (tertiary/aromatic N) is 3. The lowest BCUT2D eigenvalue weighted by Gasteiger charge is -2.06. The maximum Gasteiger partial charge on any atom is 0.271 e. The van der Waals surface area contributed by atoms with E-state index in [1.54, 1.807) is 0 Å². The van der Waals surface area contributed by atoms with E-state index in [4.69, 9.17) is 11.6 Å². The summed E-state index contributed by atoms with van der Waals surface area (Å²) in [5.41, 5.74) is 0.937. The van der Waals surface area contributed by atoms with Crippen molar-refractivity contribution in [2.45, 2.75) is 4.34 Å². The number of aromatic nitrogens is 2. The van der Waals surface area contributed by atoms with Crippen molar-refractivity contribution in [3.63, 3.8) is 0 Å². The number of hydrogen-bond acceptors (Lipinski definition) is 8. The molecule has 1 amide bonds. The van der Waals surface area contributed by atoms with Crippen LogP contribution in [0.15, 0.2) is 52.9 Å². The van der Waals surface area contributed by atoms with E-state index in [9.17, 15) is 14.9 Å². The van der Waals surface area contributed by atoms with Crippen LogP contribution in [0.3, 0.4) is 0 Å². The maximum absolute atomic E-state index is 12.1. The minimum Gasteiger partial charge on any atom is -0.330 e. The number of amides is 1. The first kappa shape index (κ1) is 19.1. The Morgan fingerprint density at radius 1 is 1.22 bits per heavy atom. The van der Waals surface area contributed by atoms with Crippen molar-refractivity contribution in [3.05, 3.63) is 63.7 Å². The summed E-state index contributed by atoms with van der Waals surface area (Å²) in [6, 6.07) is 13.4. The summed E-state index contributed by atoms with van der Waals surface area (Å²) in [7, 11) is 0. The van der Waals surface area contributed by atoms with Crippen molar-refractivity contribution in [2.75, 3.05) is 16.4 Å². The second-order valence-electron chi connectivity index (χ2n) is 5.12. The highest BCUT2D eigenvalue weighted by atomic mass is 35.5. The highest BCUT2D eigenvalue weighted by Crippen LogP contribution is 2.29. The van der Waals surface area contributed by atoms with Gasteiger partial charge in [0, 0.05) is 17.8 Å². The summed E-state index contributed by atoms with van der Waals surface area (Å²) in [5.74, 6) is -0.283. The van der Waals surface area contributed by atoms with Gasteiger partial charge < -0.3 is 10.6 Å². The third-order valence-corrected chi connectivity index (χ3v) is 5.49. The summed E-state index contributed by atoms with van der Waals surface area (Å²) in [4.78, 5) is 22.4. The van der Waals surface area contributed by atoms with Gasteiger partial charge >= 0.3 is 0 Å². The summed E-state index contributed by atoms with van der Waals surface area (Å²) < 4.78 is 0.619. The fourth-order valence-corrected chi connectivity index (χ4v) is 3.74. The van der Waals surface area contributed by atoms with Crippen molar-refractivity contribution in [1.29, 1.82) is 0 Å². The number of nitrogens with one attached hydrogen (secondary N) is 2. The third kappa shape index (κ3) is 5.39. The normalized spacial score (nSPS) is 10.4. The van der Waals surface area contributed by atoms with E-state index < -0.39 is 4.92 Å². The molecule has 3 aromatic rings. The standard InChI is InChI=1S/C16H12ClN5O3S2/c17-12-7-6-11(22(24)25)8-13(12)19-14(23)9-26-16-21-20-15(27-16)18-10-4-2-1-3-5-10/h1-8H,9H2,(H,18,20)(H,19,23).